The Labute approximate surface area is 127 Å². The van der Waals surface area contributed by atoms with Crippen LogP contribution in [0.3, 0.4) is 0 Å². The molecule has 0 fully saturated rings. The van der Waals surface area contributed by atoms with Gasteiger partial charge >= 0.3 is 0 Å². The number of aromatic nitrogens is 2. The van der Waals surface area contributed by atoms with Gasteiger partial charge in [0.1, 0.15) is 0 Å². The number of methoxy groups -OCH3 is 1. The fourth-order valence-electron chi connectivity index (χ4n) is 2.74. The third-order valence-electron chi connectivity index (χ3n) is 3.75. The first kappa shape index (κ1) is 15.6. The second kappa shape index (κ2) is 7.27. The van der Waals surface area contributed by atoms with Crippen LogP contribution in [0.5, 0.6) is 5.75 Å². The maximum atomic E-state index is 5.44. The summed E-state index contributed by atoms with van der Waals surface area (Å²) in [5.41, 5.74) is 3.80. The lowest BCUT2D eigenvalue weighted by molar-refractivity contribution is 0.390. The van der Waals surface area contributed by atoms with Gasteiger partial charge in [0, 0.05) is 7.05 Å². The highest BCUT2D eigenvalue weighted by Crippen LogP contribution is 2.27. The molecular weight excluding hydrogens is 262 g/mol. The third-order valence-corrected chi connectivity index (χ3v) is 3.75. The third kappa shape index (κ3) is 3.85. The summed E-state index contributed by atoms with van der Waals surface area (Å²) in [6.07, 6.45) is 3.84. The van der Waals surface area contributed by atoms with Gasteiger partial charge in [0.05, 0.1) is 25.0 Å². The molecule has 0 saturated carbocycles. The average molecular weight is 287 g/mol. The lowest BCUT2D eigenvalue weighted by Gasteiger charge is -2.19. The molecule has 4 nitrogen and oxygen atoms in total. The summed E-state index contributed by atoms with van der Waals surface area (Å²) in [6.45, 7) is 5.19. The maximum absolute atomic E-state index is 5.44. The van der Waals surface area contributed by atoms with Crippen LogP contribution in [0.15, 0.2) is 30.5 Å². The van der Waals surface area contributed by atoms with E-state index < -0.39 is 0 Å². The molecule has 0 radical (unpaired) electrons. The van der Waals surface area contributed by atoms with Crippen LogP contribution >= 0.6 is 0 Å². The van der Waals surface area contributed by atoms with Crippen molar-refractivity contribution in [3.63, 3.8) is 0 Å². The number of hydrogen-bond donors (Lipinski definition) is 1. The highest BCUT2D eigenvalue weighted by molar-refractivity contribution is 5.29. The van der Waals surface area contributed by atoms with Crippen molar-refractivity contribution in [3.8, 4) is 5.75 Å². The van der Waals surface area contributed by atoms with Crippen molar-refractivity contribution >= 4 is 0 Å². The fourth-order valence-corrected chi connectivity index (χ4v) is 2.74. The van der Waals surface area contributed by atoms with Gasteiger partial charge in [0.2, 0.25) is 0 Å². The Kier molecular flexibility index (Phi) is 5.39. The van der Waals surface area contributed by atoms with Crippen LogP contribution in [-0.2, 0) is 13.5 Å². The summed E-state index contributed by atoms with van der Waals surface area (Å²) in [5, 5.41) is 7.86. The second-order valence-electron chi connectivity index (χ2n) is 5.36. The van der Waals surface area contributed by atoms with Gasteiger partial charge in [-0.2, -0.15) is 5.10 Å². The van der Waals surface area contributed by atoms with E-state index >= 15 is 0 Å². The highest BCUT2D eigenvalue weighted by Gasteiger charge is 2.19. The first-order valence-corrected chi connectivity index (χ1v) is 7.50. The molecule has 1 aromatic heterocycles. The monoisotopic (exact) mass is 287 g/mol. The van der Waals surface area contributed by atoms with Crippen molar-refractivity contribution < 1.29 is 4.74 Å². The quantitative estimate of drug-likeness (QED) is 0.851. The van der Waals surface area contributed by atoms with E-state index in [0.717, 1.165) is 30.8 Å². The van der Waals surface area contributed by atoms with Gasteiger partial charge in [-0.1, -0.05) is 36.8 Å². The number of nitrogens with zero attached hydrogens (tertiary/aromatic N) is 2. The molecule has 114 valence electrons. The lowest BCUT2D eigenvalue weighted by Crippen LogP contribution is -2.24. The van der Waals surface area contributed by atoms with Crippen molar-refractivity contribution in [2.45, 2.75) is 32.7 Å². The zero-order valence-electron chi connectivity index (χ0n) is 13.4. The van der Waals surface area contributed by atoms with Crippen molar-refractivity contribution in [1.29, 1.82) is 0 Å². The Morgan fingerprint density at radius 3 is 2.86 bits per heavy atom. The average Bonchev–Trinajstić information content (AvgIpc) is 2.84. The zero-order valence-corrected chi connectivity index (χ0v) is 13.4. The molecule has 1 heterocycles. The van der Waals surface area contributed by atoms with Crippen LogP contribution in [-0.4, -0.2) is 23.4 Å². The fraction of sp³-hybridized carbons (Fsp3) is 0.471. The largest absolute Gasteiger partial charge is 0.493 e. The van der Waals surface area contributed by atoms with E-state index in [2.05, 4.69) is 48.5 Å². The van der Waals surface area contributed by atoms with E-state index in [0.29, 0.717) is 0 Å². The Bertz CT molecular complexity index is 577. The first-order valence-electron chi connectivity index (χ1n) is 7.50. The molecule has 0 aliphatic carbocycles. The normalized spacial score (nSPS) is 12.4. The minimum absolute atomic E-state index is 0.248. The molecular formula is C17H25N3O. The molecule has 1 aromatic carbocycles. The molecule has 2 rings (SSSR count). The van der Waals surface area contributed by atoms with Gasteiger partial charge < -0.3 is 10.1 Å². The van der Waals surface area contributed by atoms with Crippen LogP contribution < -0.4 is 10.1 Å². The van der Waals surface area contributed by atoms with E-state index in [9.17, 15) is 0 Å². The lowest BCUT2D eigenvalue weighted by atomic mass is 10.0. The topological polar surface area (TPSA) is 39.1 Å². The molecule has 1 N–H and O–H groups in total. The van der Waals surface area contributed by atoms with Crippen LogP contribution in [0, 0.1) is 6.92 Å². The van der Waals surface area contributed by atoms with Crippen LogP contribution in [0.2, 0.25) is 0 Å². The minimum Gasteiger partial charge on any atom is -0.493 e. The van der Waals surface area contributed by atoms with E-state index in [1.165, 1.54) is 11.1 Å². The highest BCUT2D eigenvalue weighted by atomic mass is 16.5. The van der Waals surface area contributed by atoms with E-state index in [1.54, 1.807) is 13.3 Å². The van der Waals surface area contributed by atoms with Crippen molar-refractivity contribution in [2.75, 3.05) is 13.7 Å². The van der Waals surface area contributed by atoms with Gasteiger partial charge in [0.15, 0.2) is 5.75 Å². The van der Waals surface area contributed by atoms with Crippen LogP contribution in [0.1, 0.15) is 36.2 Å². The molecule has 0 spiro atoms. The molecule has 0 saturated heterocycles. The summed E-state index contributed by atoms with van der Waals surface area (Å²) in [5.74, 6) is 0.854. The smallest absolute Gasteiger partial charge is 0.161 e. The Morgan fingerprint density at radius 2 is 2.19 bits per heavy atom. The minimum atomic E-state index is 0.248. The van der Waals surface area contributed by atoms with Crippen molar-refractivity contribution in [2.24, 2.45) is 7.05 Å². The maximum Gasteiger partial charge on any atom is 0.161 e. The Morgan fingerprint density at radius 1 is 1.38 bits per heavy atom. The number of rotatable bonds is 7. The molecule has 21 heavy (non-hydrogen) atoms. The molecule has 4 heteroatoms. The first-order chi connectivity index (χ1) is 10.2. The van der Waals surface area contributed by atoms with Crippen LogP contribution in [0.4, 0.5) is 0 Å². The zero-order chi connectivity index (χ0) is 15.2. The summed E-state index contributed by atoms with van der Waals surface area (Å²) in [6, 6.07) is 8.95. The Balaban J connectivity index is 2.14. The van der Waals surface area contributed by atoms with Gasteiger partial charge in [-0.25, -0.2) is 0 Å². The SMILES string of the molecule is CCNC(CCc1cccc(C)c1)c1c(OC)cnn1C. The van der Waals surface area contributed by atoms with Crippen molar-refractivity contribution in [3.05, 3.63) is 47.3 Å². The molecule has 0 amide bonds. The van der Waals surface area contributed by atoms with Crippen molar-refractivity contribution in [1.82, 2.24) is 15.1 Å². The molecule has 0 aliphatic rings. The van der Waals surface area contributed by atoms with Gasteiger partial charge in [0.25, 0.3) is 0 Å². The van der Waals surface area contributed by atoms with Gasteiger partial charge in [-0.3, -0.25) is 4.68 Å². The number of aryl methyl sites for hydroxylation is 3. The van der Waals surface area contributed by atoms with E-state index in [-0.39, 0.29) is 6.04 Å². The summed E-state index contributed by atoms with van der Waals surface area (Å²) in [7, 11) is 3.67. The predicted octanol–water partition coefficient (Wildman–Crippen LogP) is 3.02. The second-order valence-corrected chi connectivity index (χ2v) is 5.36. The molecule has 0 aliphatic heterocycles. The number of ether oxygens (including phenoxy) is 1. The summed E-state index contributed by atoms with van der Waals surface area (Å²) >= 11 is 0. The summed E-state index contributed by atoms with van der Waals surface area (Å²) in [4.78, 5) is 0. The molecule has 1 unspecified atom stereocenters. The predicted molar refractivity (Wildman–Crippen MR) is 85.7 cm³/mol. The molecule has 2 aromatic rings. The van der Waals surface area contributed by atoms with Gasteiger partial charge in [-0.15, -0.1) is 0 Å². The standard InChI is InChI=1S/C17H25N3O/c1-5-18-15(17-16(21-4)12-19-20(17)3)10-9-14-8-6-7-13(2)11-14/h6-8,11-12,15,18H,5,9-10H2,1-4H3. The number of hydrogen-bond acceptors (Lipinski definition) is 3. The Hall–Kier alpha value is -1.81. The van der Waals surface area contributed by atoms with Gasteiger partial charge in [-0.05, 0) is 31.9 Å². The van der Waals surface area contributed by atoms with Crippen LogP contribution in [0.25, 0.3) is 0 Å². The van der Waals surface area contributed by atoms with E-state index in [4.69, 9.17) is 4.74 Å². The summed E-state index contributed by atoms with van der Waals surface area (Å²) < 4.78 is 7.35. The molecule has 1 atom stereocenters. The van der Waals surface area contributed by atoms with E-state index in [1.807, 2.05) is 11.7 Å². The number of nitrogens with one attached hydrogen (secondary N) is 1. The number of benzene rings is 1. The molecule has 0 bridgehead atoms.